The molecule has 0 saturated carbocycles. The summed E-state index contributed by atoms with van der Waals surface area (Å²) in [5.41, 5.74) is 1.14. The number of carbonyl (C=O) groups excluding carboxylic acids is 1. The summed E-state index contributed by atoms with van der Waals surface area (Å²) in [6.45, 7) is 2.34. The predicted octanol–water partition coefficient (Wildman–Crippen LogP) is 3.82. The molecule has 1 atom stereocenters. The summed E-state index contributed by atoms with van der Waals surface area (Å²) in [4.78, 5) is 25.2. The van der Waals surface area contributed by atoms with Gasteiger partial charge in [-0.25, -0.2) is 0 Å². The molecule has 1 amide bonds. The third-order valence-corrected chi connectivity index (χ3v) is 5.24. The number of benzene rings is 2. The van der Waals surface area contributed by atoms with E-state index in [2.05, 4.69) is 10.2 Å². The fourth-order valence-electron chi connectivity index (χ4n) is 3.45. The Morgan fingerprint density at radius 3 is 2.68 bits per heavy atom. The molecular formula is C20H22ClN3O4. The first-order valence-electron chi connectivity index (χ1n) is 9.09. The number of halogens is 1. The zero-order valence-corrected chi connectivity index (χ0v) is 16.3. The summed E-state index contributed by atoms with van der Waals surface area (Å²) in [6, 6.07) is 11.7. The number of nitrogens with one attached hydrogen (secondary N) is 1. The molecule has 3 rings (SSSR count). The number of methoxy groups -OCH3 is 1. The highest BCUT2D eigenvalue weighted by molar-refractivity contribution is 6.34. The van der Waals surface area contributed by atoms with Crippen LogP contribution in [-0.2, 0) is 0 Å². The van der Waals surface area contributed by atoms with Gasteiger partial charge in [-0.15, -0.1) is 0 Å². The summed E-state index contributed by atoms with van der Waals surface area (Å²) < 4.78 is 5.33. The monoisotopic (exact) mass is 403 g/mol. The molecule has 8 heteroatoms. The van der Waals surface area contributed by atoms with Gasteiger partial charge in [0, 0.05) is 18.7 Å². The molecule has 1 N–H and O–H groups in total. The number of likely N-dealkylation sites (tertiary alicyclic amines) is 1. The lowest BCUT2D eigenvalue weighted by molar-refractivity contribution is -0.384. The maximum atomic E-state index is 12.6. The Hall–Kier alpha value is -2.64. The van der Waals surface area contributed by atoms with Crippen molar-refractivity contribution in [1.82, 2.24) is 10.2 Å². The van der Waals surface area contributed by atoms with Gasteiger partial charge >= 0.3 is 0 Å². The van der Waals surface area contributed by atoms with Crippen molar-refractivity contribution in [2.75, 3.05) is 26.7 Å². The smallest absolute Gasteiger partial charge is 0.270 e. The molecule has 1 fully saturated rings. The average Bonchev–Trinajstić information content (AvgIpc) is 3.22. The largest absolute Gasteiger partial charge is 0.497 e. The van der Waals surface area contributed by atoms with E-state index >= 15 is 0 Å². The van der Waals surface area contributed by atoms with Crippen LogP contribution in [0.3, 0.4) is 0 Å². The van der Waals surface area contributed by atoms with E-state index in [1.54, 1.807) is 7.11 Å². The maximum absolute atomic E-state index is 12.6. The second-order valence-electron chi connectivity index (χ2n) is 6.67. The van der Waals surface area contributed by atoms with Crippen LogP contribution < -0.4 is 10.1 Å². The summed E-state index contributed by atoms with van der Waals surface area (Å²) in [5.74, 6) is 0.415. The van der Waals surface area contributed by atoms with Gasteiger partial charge in [-0.3, -0.25) is 19.8 Å². The standard InChI is InChI=1S/C20H22ClN3O4/c1-28-16-6-4-5-14(11-16)19(23-9-2-3-10-23)13-22-20(25)17-8-7-15(24(26)27)12-18(17)21/h4-8,11-12,19H,2-3,9-10,13H2,1H3,(H,22,25). The Morgan fingerprint density at radius 1 is 1.29 bits per heavy atom. The normalized spacial score (nSPS) is 15.2. The van der Waals surface area contributed by atoms with Crippen LogP contribution in [0.5, 0.6) is 5.75 Å². The van der Waals surface area contributed by atoms with Crippen LogP contribution >= 0.6 is 11.6 Å². The SMILES string of the molecule is COc1cccc(C(CNC(=O)c2ccc([N+](=O)[O-])cc2Cl)N2CCCC2)c1. The Balaban J connectivity index is 1.76. The number of non-ortho nitro benzene ring substituents is 1. The van der Waals surface area contributed by atoms with Gasteiger partial charge in [-0.1, -0.05) is 23.7 Å². The zero-order valence-electron chi connectivity index (χ0n) is 15.6. The van der Waals surface area contributed by atoms with Crippen LogP contribution in [0.2, 0.25) is 5.02 Å². The molecule has 0 spiro atoms. The van der Waals surface area contributed by atoms with E-state index in [-0.39, 0.29) is 28.2 Å². The Kier molecular flexibility index (Phi) is 6.49. The number of hydrogen-bond donors (Lipinski definition) is 1. The van der Waals surface area contributed by atoms with Crippen molar-refractivity contribution in [3.63, 3.8) is 0 Å². The molecule has 7 nitrogen and oxygen atoms in total. The number of ether oxygens (including phenoxy) is 1. The maximum Gasteiger partial charge on any atom is 0.270 e. The predicted molar refractivity (Wildman–Crippen MR) is 107 cm³/mol. The molecule has 0 bridgehead atoms. The quantitative estimate of drug-likeness (QED) is 0.561. The van der Waals surface area contributed by atoms with Crippen LogP contribution in [0.15, 0.2) is 42.5 Å². The molecule has 2 aromatic carbocycles. The highest BCUT2D eigenvalue weighted by Crippen LogP contribution is 2.28. The lowest BCUT2D eigenvalue weighted by Gasteiger charge is -2.28. The van der Waals surface area contributed by atoms with Gasteiger partial charge in [0.25, 0.3) is 11.6 Å². The van der Waals surface area contributed by atoms with E-state index in [1.165, 1.54) is 18.2 Å². The van der Waals surface area contributed by atoms with Gasteiger partial charge in [0.05, 0.1) is 28.7 Å². The first-order chi connectivity index (χ1) is 13.5. The van der Waals surface area contributed by atoms with Crippen LogP contribution in [0, 0.1) is 10.1 Å². The van der Waals surface area contributed by atoms with Gasteiger partial charge in [0.15, 0.2) is 0 Å². The summed E-state index contributed by atoms with van der Waals surface area (Å²) in [5, 5.41) is 13.8. The Morgan fingerprint density at radius 2 is 2.04 bits per heavy atom. The molecule has 0 aliphatic carbocycles. The molecule has 28 heavy (non-hydrogen) atoms. The summed E-state index contributed by atoms with van der Waals surface area (Å²) >= 11 is 6.08. The Bertz CT molecular complexity index is 868. The van der Waals surface area contributed by atoms with Crippen molar-refractivity contribution in [3.8, 4) is 5.75 Å². The molecule has 1 saturated heterocycles. The van der Waals surface area contributed by atoms with Crippen molar-refractivity contribution >= 4 is 23.2 Å². The van der Waals surface area contributed by atoms with Gasteiger partial charge < -0.3 is 10.1 Å². The second kappa shape index (κ2) is 9.03. The molecule has 148 valence electrons. The molecule has 0 aromatic heterocycles. The van der Waals surface area contributed by atoms with Gasteiger partial charge in [-0.2, -0.15) is 0 Å². The van der Waals surface area contributed by atoms with Crippen molar-refractivity contribution < 1.29 is 14.5 Å². The van der Waals surface area contributed by atoms with Gasteiger partial charge in [0.2, 0.25) is 0 Å². The highest BCUT2D eigenvalue weighted by Gasteiger charge is 2.25. The fourth-order valence-corrected chi connectivity index (χ4v) is 3.71. The second-order valence-corrected chi connectivity index (χ2v) is 7.07. The van der Waals surface area contributed by atoms with E-state index in [1.807, 2.05) is 24.3 Å². The minimum atomic E-state index is -0.542. The van der Waals surface area contributed by atoms with Crippen molar-refractivity contribution in [2.45, 2.75) is 18.9 Å². The lowest BCUT2D eigenvalue weighted by Crippen LogP contribution is -2.36. The third kappa shape index (κ3) is 4.61. The number of rotatable bonds is 7. The Labute approximate surface area is 168 Å². The zero-order chi connectivity index (χ0) is 20.1. The topological polar surface area (TPSA) is 84.7 Å². The van der Waals surface area contributed by atoms with Crippen molar-refractivity contribution in [3.05, 3.63) is 68.7 Å². The van der Waals surface area contributed by atoms with E-state index in [0.717, 1.165) is 37.2 Å². The van der Waals surface area contributed by atoms with Crippen LogP contribution in [0.1, 0.15) is 34.8 Å². The summed E-state index contributed by atoms with van der Waals surface area (Å²) in [6.07, 6.45) is 2.26. The van der Waals surface area contributed by atoms with Gasteiger partial charge in [-0.05, 0) is 49.7 Å². The first-order valence-corrected chi connectivity index (χ1v) is 9.47. The number of carbonyl (C=O) groups is 1. The number of nitrogens with zero attached hydrogens (tertiary/aromatic N) is 2. The van der Waals surface area contributed by atoms with E-state index in [9.17, 15) is 14.9 Å². The molecular weight excluding hydrogens is 382 g/mol. The number of nitro benzene ring substituents is 1. The molecule has 1 aliphatic rings. The first kappa shape index (κ1) is 20.1. The van der Waals surface area contributed by atoms with Crippen molar-refractivity contribution in [2.24, 2.45) is 0 Å². The van der Waals surface area contributed by atoms with Crippen LogP contribution in [-0.4, -0.2) is 42.5 Å². The molecule has 1 unspecified atom stereocenters. The van der Waals surface area contributed by atoms with Crippen LogP contribution in [0.4, 0.5) is 5.69 Å². The minimum Gasteiger partial charge on any atom is -0.497 e. The molecule has 1 aliphatic heterocycles. The lowest BCUT2D eigenvalue weighted by atomic mass is 10.0. The molecule has 2 aromatic rings. The fraction of sp³-hybridized carbons (Fsp3) is 0.350. The molecule has 1 heterocycles. The van der Waals surface area contributed by atoms with E-state index in [4.69, 9.17) is 16.3 Å². The van der Waals surface area contributed by atoms with E-state index in [0.29, 0.717) is 6.54 Å². The van der Waals surface area contributed by atoms with Gasteiger partial charge in [0.1, 0.15) is 5.75 Å². The summed E-state index contributed by atoms with van der Waals surface area (Å²) in [7, 11) is 1.63. The number of nitro groups is 1. The molecule has 0 radical (unpaired) electrons. The minimum absolute atomic E-state index is 0.0124. The van der Waals surface area contributed by atoms with Crippen molar-refractivity contribution in [1.29, 1.82) is 0 Å². The average molecular weight is 404 g/mol. The number of amides is 1. The van der Waals surface area contributed by atoms with Crippen LogP contribution in [0.25, 0.3) is 0 Å². The van der Waals surface area contributed by atoms with E-state index < -0.39 is 4.92 Å². The third-order valence-electron chi connectivity index (χ3n) is 4.92. The highest BCUT2D eigenvalue weighted by atomic mass is 35.5. The number of hydrogen-bond acceptors (Lipinski definition) is 5.